The third kappa shape index (κ3) is 1.38. The molecule has 0 saturated carbocycles. The molecule has 0 radical (unpaired) electrons. The van der Waals surface area contributed by atoms with Crippen LogP contribution in [0.15, 0.2) is 28.9 Å². The van der Waals surface area contributed by atoms with Crippen molar-refractivity contribution in [3.05, 3.63) is 34.4 Å². The van der Waals surface area contributed by atoms with Gasteiger partial charge in [0.2, 0.25) is 0 Å². The highest BCUT2D eigenvalue weighted by molar-refractivity contribution is 9.10. The Labute approximate surface area is 91.0 Å². The van der Waals surface area contributed by atoms with Gasteiger partial charge in [-0.15, -0.1) is 0 Å². The number of pyridine rings is 1. The van der Waals surface area contributed by atoms with E-state index in [2.05, 4.69) is 20.9 Å². The molecule has 14 heavy (non-hydrogen) atoms. The van der Waals surface area contributed by atoms with Gasteiger partial charge in [-0.1, -0.05) is 6.07 Å². The third-order valence-electron chi connectivity index (χ3n) is 2.19. The summed E-state index contributed by atoms with van der Waals surface area (Å²) in [5, 5.41) is 1.08. The molecule has 0 aliphatic rings. The zero-order valence-corrected chi connectivity index (χ0v) is 9.63. The fourth-order valence-corrected chi connectivity index (χ4v) is 2.34. The number of halogens is 1. The predicted molar refractivity (Wildman–Crippen MR) is 60.7 cm³/mol. The Bertz CT molecular complexity index is 482. The van der Waals surface area contributed by atoms with Gasteiger partial charge in [0.15, 0.2) is 0 Å². The van der Waals surface area contributed by atoms with E-state index >= 15 is 0 Å². The van der Waals surface area contributed by atoms with Crippen molar-refractivity contribution in [2.24, 2.45) is 0 Å². The summed E-state index contributed by atoms with van der Waals surface area (Å²) in [5.41, 5.74) is 2.07. The highest BCUT2D eigenvalue weighted by Crippen LogP contribution is 2.35. The molecule has 2 aromatic rings. The molecule has 0 aliphatic heterocycles. The Balaban J connectivity index is 2.86. The summed E-state index contributed by atoms with van der Waals surface area (Å²) in [6.07, 6.45) is 1.79. The summed E-state index contributed by atoms with van der Waals surface area (Å²) in [5.74, 6) is 0.880. The summed E-state index contributed by atoms with van der Waals surface area (Å²) < 4.78 is 6.28. The van der Waals surface area contributed by atoms with Crippen LogP contribution >= 0.6 is 15.9 Å². The molecule has 0 amide bonds. The van der Waals surface area contributed by atoms with Crippen LogP contribution < -0.4 is 4.74 Å². The highest BCUT2D eigenvalue weighted by Gasteiger charge is 2.08. The number of nitrogens with zero attached hydrogens (tertiary/aromatic N) is 1. The number of rotatable bonds is 1. The van der Waals surface area contributed by atoms with Crippen LogP contribution in [0.5, 0.6) is 5.75 Å². The van der Waals surface area contributed by atoms with E-state index in [9.17, 15) is 0 Å². The second-order valence-corrected chi connectivity index (χ2v) is 3.90. The van der Waals surface area contributed by atoms with Crippen molar-refractivity contribution in [2.75, 3.05) is 7.11 Å². The average molecular weight is 252 g/mol. The van der Waals surface area contributed by atoms with E-state index in [0.717, 1.165) is 26.7 Å². The molecule has 72 valence electrons. The molecule has 0 aliphatic carbocycles. The van der Waals surface area contributed by atoms with E-state index in [4.69, 9.17) is 4.74 Å². The predicted octanol–water partition coefficient (Wildman–Crippen LogP) is 3.31. The van der Waals surface area contributed by atoms with Gasteiger partial charge in [-0.2, -0.15) is 0 Å². The summed E-state index contributed by atoms with van der Waals surface area (Å²) >= 11 is 3.53. The van der Waals surface area contributed by atoms with Gasteiger partial charge < -0.3 is 4.74 Å². The van der Waals surface area contributed by atoms with Gasteiger partial charge in [-0.3, -0.25) is 4.98 Å². The van der Waals surface area contributed by atoms with E-state index in [1.165, 1.54) is 0 Å². The first-order chi connectivity index (χ1) is 6.74. The molecule has 0 N–H and O–H groups in total. The maximum Gasteiger partial charge on any atom is 0.136 e. The van der Waals surface area contributed by atoms with Crippen molar-refractivity contribution < 1.29 is 4.74 Å². The topological polar surface area (TPSA) is 22.1 Å². The molecule has 1 aromatic heterocycles. The van der Waals surface area contributed by atoms with E-state index in [1.54, 1.807) is 13.3 Å². The highest BCUT2D eigenvalue weighted by atomic mass is 79.9. The Morgan fingerprint density at radius 1 is 1.43 bits per heavy atom. The summed E-state index contributed by atoms with van der Waals surface area (Å²) in [6, 6.07) is 5.97. The van der Waals surface area contributed by atoms with Crippen molar-refractivity contribution in [1.29, 1.82) is 0 Å². The monoisotopic (exact) mass is 251 g/mol. The largest absolute Gasteiger partial charge is 0.495 e. The third-order valence-corrected chi connectivity index (χ3v) is 2.98. The Kier molecular flexibility index (Phi) is 2.42. The number of hydrogen-bond acceptors (Lipinski definition) is 2. The molecule has 3 heteroatoms. The van der Waals surface area contributed by atoms with Crippen molar-refractivity contribution >= 4 is 26.8 Å². The number of aromatic nitrogens is 1. The lowest BCUT2D eigenvalue weighted by Gasteiger charge is -2.09. The van der Waals surface area contributed by atoms with E-state index in [0.29, 0.717) is 0 Å². The zero-order valence-electron chi connectivity index (χ0n) is 8.04. The molecule has 0 unspecified atom stereocenters. The molecular weight excluding hydrogens is 242 g/mol. The lowest BCUT2D eigenvalue weighted by molar-refractivity contribution is 0.410. The van der Waals surface area contributed by atoms with Crippen molar-refractivity contribution in [3.8, 4) is 5.75 Å². The van der Waals surface area contributed by atoms with Gasteiger partial charge in [0.05, 0.1) is 17.1 Å². The molecule has 2 nitrogen and oxygen atoms in total. The number of hydrogen-bond donors (Lipinski definition) is 0. The van der Waals surface area contributed by atoms with Crippen LogP contribution in [-0.2, 0) is 0 Å². The number of ether oxygens (including phenoxy) is 1. The molecule has 0 atom stereocenters. The van der Waals surface area contributed by atoms with E-state index < -0.39 is 0 Å². The fourth-order valence-electron chi connectivity index (χ4n) is 1.53. The van der Waals surface area contributed by atoms with Crippen molar-refractivity contribution in [3.63, 3.8) is 0 Å². The lowest BCUT2D eigenvalue weighted by atomic mass is 10.1. The van der Waals surface area contributed by atoms with Gasteiger partial charge in [-0.25, -0.2) is 0 Å². The quantitative estimate of drug-likeness (QED) is 0.776. The standard InChI is InChI=1S/C11H10BrNO/c1-7-6-9-8(4-3-5-13-9)10(12)11(7)14-2/h3-6H,1-2H3. The van der Waals surface area contributed by atoms with Crippen molar-refractivity contribution in [2.45, 2.75) is 6.92 Å². The minimum atomic E-state index is 0.880. The van der Waals surface area contributed by atoms with Gasteiger partial charge in [0, 0.05) is 11.6 Å². The van der Waals surface area contributed by atoms with Crippen LogP contribution in [0.3, 0.4) is 0 Å². The van der Waals surface area contributed by atoms with Crippen LogP contribution in [0.2, 0.25) is 0 Å². The second-order valence-electron chi connectivity index (χ2n) is 3.11. The molecule has 0 spiro atoms. The maximum absolute atomic E-state index is 5.31. The molecule has 0 saturated heterocycles. The second kappa shape index (κ2) is 3.58. The Morgan fingerprint density at radius 2 is 2.21 bits per heavy atom. The minimum absolute atomic E-state index is 0.880. The van der Waals surface area contributed by atoms with Crippen LogP contribution in [0.4, 0.5) is 0 Å². The minimum Gasteiger partial charge on any atom is -0.495 e. The smallest absolute Gasteiger partial charge is 0.136 e. The van der Waals surface area contributed by atoms with Crippen molar-refractivity contribution in [1.82, 2.24) is 4.98 Å². The SMILES string of the molecule is COc1c(C)cc2ncccc2c1Br. The van der Waals surface area contributed by atoms with Crippen LogP contribution in [0.25, 0.3) is 10.9 Å². The van der Waals surface area contributed by atoms with Gasteiger partial charge in [0.1, 0.15) is 5.75 Å². The lowest BCUT2D eigenvalue weighted by Crippen LogP contribution is -1.90. The molecule has 1 heterocycles. The maximum atomic E-state index is 5.31. The van der Waals surface area contributed by atoms with E-state index in [-0.39, 0.29) is 0 Å². The number of fused-ring (bicyclic) bond motifs is 1. The van der Waals surface area contributed by atoms with Gasteiger partial charge >= 0.3 is 0 Å². The van der Waals surface area contributed by atoms with Gasteiger partial charge in [0.25, 0.3) is 0 Å². The summed E-state index contributed by atoms with van der Waals surface area (Å²) in [4.78, 5) is 4.29. The van der Waals surface area contributed by atoms with Crippen LogP contribution in [0, 0.1) is 6.92 Å². The first kappa shape index (κ1) is 9.46. The average Bonchev–Trinajstić information content (AvgIpc) is 2.18. The zero-order chi connectivity index (χ0) is 10.1. The van der Waals surface area contributed by atoms with E-state index in [1.807, 2.05) is 25.1 Å². The molecular formula is C11H10BrNO. The molecule has 0 fully saturated rings. The Hall–Kier alpha value is -1.09. The number of methoxy groups -OCH3 is 1. The fraction of sp³-hybridized carbons (Fsp3) is 0.182. The molecule has 2 rings (SSSR count). The summed E-state index contributed by atoms with van der Waals surface area (Å²) in [7, 11) is 1.68. The normalized spacial score (nSPS) is 10.5. The first-order valence-corrected chi connectivity index (χ1v) is 5.11. The summed E-state index contributed by atoms with van der Waals surface area (Å²) in [6.45, 7) is 2.01. The van der Waals surface area contributed by atoms with Gasteiger partial charge in [-0.05, 0) is 40.5 Å². The number of benzene rings is 1. The first-order valence-electron chi connectivity index (χ1n) is 4.32. The molecule has 0 bridgehead atoms. The Morgan fingerprint density at radius 3 is 2.93 bits per heavy atom. The van der Waals surface area contributed by atoms with Crippen LogP contribution in [-0.4, -0.2) is 12.1 Å². The molecule has 1 aromatic carbocycles. The van der Waals surface area contributed by atoms with Crippen LogP contribution in [0.1, 0.15) is 5.56 Å². The number of aryl methyl sites for hydroxylation is 1.